The number of hydrogen-bond acceptors (Lipinski definition) is 6. The van der Waals surface area contributed by atoms with Gasteiger partial charge in [-0.2, -0.15) is 0 Å². The van der Waals surface area contributed by atoms with Crippen LogP contribution in [0.5, 0.6) is 0 Å². The maximum absolute atomic E-state index is 12.2. The largest absolute Gasteiger partial charge is 0.466 e. The van der Waals surface area contributed by atoms with E-state index in [4.69, 9.17) is 9.47 Å². The van der Waals surface area contributed by atoms with Crippen LogP contribution >= 0.6 is 0 Å². The summed E-state index contributed by atoms with van der Waals surface area (Å²) in [6, 6.07) is -0.656. The number of unbranched alkanes of at least 4 members (excludes halogenated alkanes) is 1. The van der Waals surface area contributed by atoms with Gasteiger partial charge in [0.2, 0.25) is 11.8 Å². The highest BCUT2D eigenvalue weighted by Crippen LogP contribution is 2.12. The number of esters is 1. The van der Waals surface area contributed by atoms with Crippen molar-refractivity contribution in [2.24, 2.45) is 0 Å². The third-order valence-electron chi connectivity index (χ3n) is 4.46. The molecule has 0 spiro atoms. The number of hydrogen-bond donors (Lipinski definition) is 2. The molecule has 2 atom stereocenters. The Balaban J connectivity index is 1.79. The molecule has 2 rings (SSSR count). The van der Waals surface area contributed by atoms with Gasteiger partial charge in [0.05, 0.1) is 25.7 Å². The summed E-state index contributed by atoms with van der Waals surface area (Å²) in [6.45, 7) is 4.71. The molecular weight excluding hydrogens is 326 g/mol. The predicted octanol–water partition coefficient (Wildman–Crippen LogP) is -0.185. The second-order valence-corrected chi connectivity index (χ2v) is 6.49. The minimum Gasteiger partial charge on any atom is -0.466 e. The summed E-state index contributed by atoms with van der Waals surface area (Å²) in [5.74, 6) is -0.791. The molecule has 142 valence electrons. The van der Waals surface area contributed by atoms with Gasteiger partial charge in [-0.15, -0.1) is 0 Å². The number of ether oxygens (including phenoxy) is 2. The summed E-state index contributed by atoms with van der Waals surface area (Å²) in [6.07, 6.45) is 3.77. The zero-order valence-electron chi connectivity index (χ0n) is 14.9. The Hall–Kier alpha value is -1.67. The van der Waals surface area contributed by atoms with Crippen molar-refractivity contribution < 1.29 is 23.9 Å². The predicted molar refractivity (Wildman–Crippen MR) is 90.8 cm³/mol. The molecule has 0 aromatic heterocycles. The molecule has 2 N–H and O–H groups in total. The number of amides is 2. The fourth-order valence-electron chi connectivity index (χ4n) is 2.99. The molecule has 0 aliphatic carbocycles. The van der Waals surface area contributed by atoms with Crippen molar-refractivity contribution in [3.8, 4) is 0 Å². The van der Waals surface area contributed by atoms with Gasteiger partial charge in [0.1, 0.15) is 6.04 Å². The van der Waals surface area contributed by atoms with Crippen molar-refractivity contribution in [1.29, 1.82) is 0 Å². The van der Waals surface area contributed by atoms with Crippen LogP contribution in [0.15, 0.2) is 0 Å². The number of rotatable bonds is 9. The number of piperazine rings is 1. The molecule has 2 aliphatic heterocycles. The third kappa shape index (κ3) is 6.62. The lowest BCUT2D eigenvalue weighted by molar-refractivity contribution is -0.149. The van der Waals surface area contributed by atoms with Crippen molar-refractivity contribution in [3.63, 3.8) is 0 Å². The number of carbonyl (C=O) groups is 3. The molecule has 0 radical (unpaired) electrons. The molecule has 2 aliphatic rings. The maximum Gasteiger partial charge on any atom is 0.307 e. The van der Waals surface area contributed by atoms with Crippen LogP contribution in [0.25, 0.3) is 0 Å². The average Bonchev–Trinajstić information content (AvgIpc) is 3.10. The fraction of sp³-hybridized carbons (Fsp3) is 0.824. The molecule has 8 nitrogen and oxygen atoms in total. The highest BCUT2D eigenvalue weighted by Gasteiger charge is 2.33. The van der Waals surface area contributed by atoms with Crippen molar-refractivity contribution in [1.82, 2.24) is 15.5 Å². The molecule has 2 unspecified atom stereocenters. The smallest absolute Gasteiger partial charge is 0.307 e. The quantitative estimate of drug-likeness (QED) is 0.440. The van der Waals surface area contributed by atoms with E-state index in [-0.39, 0.29) is 30.9 Å². The van der Waals surface area contributed by atoms with Crippen LogP contribution in [0.1, 0.15) is 39.0 Å². The summed E-state index contributed by atoms with van der Waals surface area (Å²) in [5.41, 5.74) is 0. The molecule has 2 amide bonds. The van der Waals surface area contributed by atoms with Crippen molar-refractivity contribution in [2.45, 2.75) is 51.2 Å². The van der Waals surface area contributed by atoms with Crippen LogP contribution in [0, 0.1) is 0 Å². The van der Waals surface area contributed by atoms with E-state index in [1.165, 1.54) is 0 Å². The molecule has 0 saturated carbocycles. The zero-order valence-corrected chi connectivity index (χ0v) is 14.9. The van der Waals surface area contributed by atoms with Crippen molar-refractivity contribution in [2.75, 3.05) is 39.4 Å². The van der Waals surface area contributed by atoms with Crippen LogP contribution < -0.4 is 10.6 Å². The van der Waals surface area contributed by atoms with E-state index in [1.54, 1.807) is 4.90 Å². The van der Waals surface area contributed by atoms with Gasteiger partial charge in [0.25, 0.3) is 0 Å². The molecule has 2 saturated heterocycles. The molecule has 2 fully saturated rings. The van der Waals surface area contributed by atoms with E-state index >= 15 is 0 Å². The first-order chi connectivity index (χ1) is 12.1. The van der Waals surface area contributed by atoms with E-state index in [1.807, 2.05) is 6.92 Å². The van der Waals surface area contributed by atoms with E-state index in [0.717, 1.165) is 32.3 Å². The number of nitrogens with zero attached hydrogens (tertiary/aromatic N) is 1. The van der Waals surface area contributed by atoms with E-state index in [9.17, 15) is 14.4 Å². The van der Waals surface area contributed by atoms with Crippen LogP contribution in [0.3, 0.4) is 0 Å². The summed E-state index contributed by atoms with van der Waals surface area (Å²) in [7, 11) is 0. The van der Waals surface area contributed by atoms with Gasteiger partial charge >= 0.3 is 5.97 Å². The van der Waals surface area contributed by atoms with E-state index in [0.29, 0.717) is 26.2 Å². The normalized spacial score (nSPS) is 24.0. The summed E-state index contributed by atoms with van der Waals surface area (Å²) in [4.78, 5) is 37.9. The van der Waals surface area contributed by atoms with Gasteiger partial charge in [-0.25, -0.2) is 0 Å². The fourth-order valence-corrected chi connectivity index (χ4v) is 2.99. The van der Waals surface area contributed by atoms with Gasteiger partial charge < -0.3 is 20.1 Å². The van der Waals surface area contributed by atoms with Crippen LogP contribution in [0.4, 0.5) is 0 Å². The maximum atomic E-state index is 12.2. The lowest BCUT2D eigenvalue weighted by Crippen LogP contribution is -2.58. The molecule has 8 heteroatoms. The Morgan fingerprint density at radius 1 is 1.44 bits per heavy atom. The summed E-state index contributed by atoms with van der Waals surface area (Å²) < 4.78 is 10.6. The zero-order chi connectivity index (χ0) is 18.1. The standard InChI is InChI=1S/C17H29N3O5/c1-2-3-8-25-16(22)10-14-17(23)18-6-7-20(14)12-15(21)19-11-13-5-4-9-24-13/h13-14H,2-12H2,1H3,(H,18,23)(H,19,21). The SMILES string of the molecule is CCCCOC(=O)CC1C(=O)NCCN1CC(=O)NCC1CCCO1. The van der Waals surface area contributed by atoms with Gasteiger partial charge in [-0.05, 0) is 19.3 Å². The number of nitrogens with one attached hydrogen (secondary N) is 2. The topological polar surface area (TPSA) is 97.0 Å². The molecule has 0 aromatic rings. The molecule has 2 heterocycles. The summed E-state index contributed by atoms with van der Waals surface area (Å²) in [5, 5.41) is 5.59. The molecular formula is C17H29N3O5. The Morgan fingerprint density at radius 3 is 3.00 bits per heavy atom. The van der Waals surface area contributed by atoms with Crippen LogP contribution in [-0.2, 0) is 23.9 Å². The lowest BCUT2D eigenvalue weighted by atomic mass is 10.1. The van der Waals surface area contributed by atoms with Crippen molar-refractivity contribution >= 4 is 17.8 Å². The first-order valence-corrected chi connectivity index (χ1v) is 9.15. The van der Waals surface area contributed by atoms with Crippen LogP contribution in [-0.4, -0.2) is 74.2 Å². The highest BCUT2D eigenvalue weighted by atomic mass is 16.5. The van der Waals surface area contributed by atoms with E-state index in [2.05, 4.69) is 10.6 Å². The first kappa shape index (κ1) is 19.7. The third-order valence-corrected chi connectivity index (χ3v) is 4.46. The van der Waals surface area contributed by atoms with Gasteiger partial charge in [0, 0.05) is 26.2 Å². The van der Waals surface area contributed by atoms with Gasteiger partial charge in [0.15, 0.2) is 0 Å². The van der Waals surface area contributed by atoms with Crippen molar-refractivity contribution in [3.05, 3.63) is 0 Å². The minimum absolute atomic E-state index is 0.0332. The Morgan fingerprint density at radius 2 is 2.28 bits per heavy atom. The molecule has 0 bridgehead atoms. The number of carbonyl (C=O) groups excluding carboxylic acids is 3. The first-order valence-electron chi connectivity index (χ1n) is 9.15. The molecule has 25 heavy (non-hydrogen) atoms. The highest BCUT2D eigenvalue weighted by molar-refractivity contribution is 5.88. The van der Waals surface area contributed by atoms with E-state index < -0.39 is 12.0 Å². The monoisotopic (exact) mass is 355 g/mol. The molecule has 0 aromatic carbocycles. The Kier molecular flexibility index (Phi) is 8.14. The second kappa shape index (κ2) is 10.4. The Bertz CT molecular complexity index is 465. The van der Waals surface area contributed by atoms with Gasteiger partial charge in [-0.1, -0.05) is 13.3 Å². The average molecular weight is 355 g/mol. The lowest BCUT2D eigenvalue weighted by Gasteiger charge is -2.33. The van der Waals surface area contributed by atoms with Gasteiger partial charge in [-0.3, -0.25) is 19.3 Å². The van der Waals surface area contributed by atoms with Crippen LogP contribution in [0.2, 0.25) is 0 Å². The Labute approximate surface area is 148 Å². The second-order valence-electron chi connectivity index (χ2n) is 6.49. The summed E-state index contributed by atoms with van der Waals surface area (Å²) >= 11 is 0. The minimum atomic E-state index is -0.656.